The maximum absolute atomic E-state index is 13.0. The van der Waals surface area contributed by atoms with Crippen LogP contribution < -0.4 is 5.32 Å². The van der Waals surface area contributed by atoms with Crippen molar-refractivity contribution < 1.29 is 13.2 Å². The molecule has 1 aromatic carbocycles. The highest BCUT2D eigenvalue weighted by Crippen LogP contribution is 2.23. The molecule has 1 aromatic rings. The van der Waals surface area contributed by atoms with Crippen molar-refractivity contribution in [3.63, 3.8) is 0 Å². The van der Waals surface area contributed by atoms with Crippen molar-refractivity contribution in [3.05, 3.63) is 29.3 Å². The van der Waals surface area contributed by atoms with E-state index in [-0.39, 0.29) is 16.8 Å². The summed E-state index contributed by atoms with van der Waals surface area (Å²) < 4.78 is 27.5. The third kappa shape index (κ3) is 5.58. The lowest BCUT2D eigenvalue weighted by Crippen LogP contribution is -2.45. The minimum atomic E-state index is -3.54. The van der Waals surface area contributed by atoms with Gasteiger partial charge in [-0.1, -0.05) is 25.8 Å². The first-order valence-electron chi connectivity index (χ1n) is 11.1. The highest BCUT2D eigenvalue weighted by Gasteiger charge is 2.28. The number of carbonyl (C=O) groups excluding carboxylic acids is 1. The van der Waals surface area contributed by atoms with Crippen molar-refractivity contribution in [2.24, 2.45) is 0 Å². The molecule has 1 amide bonds. The molecule has 162 valence electrons. The summed E-state index contributed by atoms with van der Waals surface area (Å²) in [5, 5.41) is 3.14. The van der Waals surface area contributed by atoms with Gasteiger partial charge in [0, 0.05) is 37.8 Å². The fourth-order valence-electron chi connectivity index (χ4n) is 4.21. The number of nitrogens with zero attached hydrogens (tertiary/aromatic N) is 2. The highest BCUT2D eigenvalue weighted by molar-refractivity contribution is 7.89. The second-order valence-electron chi connectivity index (χ2n) is 8.38. The molecule has 6 nitrogen and oxygen atoms in total. The number of piperidine rings is 2. The van der Waals surface area contributed by atoms with Gasteiger partial charge in [0.2, 0.25) is 10.0 Å². The van der Waals surface area contributed by atoms with Gasteiger partial charge in [0.1, 0.15) is 0 Å². The van der Waals surface area contributed by atoms with E-state index in [2.05, 4.69) is 17.1 Å². The van der Waals surface area contributed by atoms with Crippen molar-refractivity contribution in [2.75, 3.05) is 32.7 Å². The monoisotopic (exact) mass is 421 g/mol. The van der Waals surface area contributed by atoms with E-state index in [0.29, 0.717) is 18.7 Å². The van der Waals surface area contributed by atoms with Crippen LogP contribution in [0.25, 0.3) is 0 Å². The highest BCUT2D eigenvalue weighted by atomic mass is 32.2. The fourth-order valence-corrected chi connectivity index (χ4v) is 5.75. The van der Waals surface area contributed by atoms with Crippen LogP contribution in [-0.2, 0) is 10.0 Å². The lowest BCUT2D eigenvalue weighted by molar-refractivity contribution is 0.0910. The number of sulfonamides is 1. The smallest absolute Gasteiger partial charge is 0.251 e. The molecule has 0 radical (unpaired) electrons. The second-order valence-corrected chi connectivity index (χ2v) is 10.3. The number of hydrogen-bond donors (Lipinski definition) is 1. The Morgan fingerprint density at radius 2 is 1.79 bits per heavy atom. The van der Waals surface area contributed by atoms with E-state index in [0.717, 1.165) is 57.3 Å². The van der Waals surface area contributed by atoms with Crippen LogP contribution in [0, 0.1) is 6.92 Å². The van der Waals surface area contributed by atoms with Crippen molar-refractivity contribution in [1.82, 2.24) is 14.5 Å². The van der Waals surface area contributed by atoms with Gasteiger partial charge in [-0.05, 0) is 63.3 Å². The normalized spacial score (nSPS) is 19.9. The van der Waals surface area contributed by atoms with Gasteiger partial charge in [0.15, 0.2) is 0 Å². The van der Waals surface area contributed by atoms with Crippen LogP contribution in [0.2, 0.25) is 0 Å². The molecule has 3 rings (SSSR count). The van der Waals surface area contributed by atoms with E-state index in [9.17, 15) is 13.2 Å². The summed E-state index contributed by atoms with van der Waals surface area (Å²) in [7, 11) is -3.54. The zero-order valence-electron chi connectivity index (χ0n) is 17.8. The van der Waals surface area contributed by atoms with E-state index in [1.54, 1.807) is 22.5 Å². The lowest BCUT2D eigenvalue weighted by Gasteiger charge is -2.32. The maximum Gasteiger partial charge on any atom is 0.251 e. The van der Waals surface area contributed by atoms with E-state index < -0.39 is 10.0 Å². The van der Waals surface area contributed by atoms with Crippen molar-refractivity contribution in [1.29, 1.82) is 0 Å². The molecule has 0 bridgehead atoms. The van der Waals surface area contributed by atoms with Gasteiger partial charge < -0.3 is 10.2 Å². The van der Waals surface area contributed by atoms with Crippen LogP contribution >= 0.6 is 0 Å². The molecule has 2 fully saturated rings. The number of unbranched alkanes of at least 4 members (excludes halogenated alkanes) is 1. The van der Waals surface area contributed by atoms with Gasteiger partial charge in [-0.25, -0.2) is 8.42 Å². The Balaban J connectivity index is 1.66. The molecule has 1 N–H and O–H groups in total. The molecular formula is C22H35N3O3S. The molecule has 7 heteroatoms. The topological polar surface area (TPSA) is 69.7 Å². The molecule has 0 unspecified atom stereocenters. The summed E-state index contributed by atoms with van der Waals surface area (Å²) >= 11 is 0. The van der Waals surface area contributed by atoms with E-state index in [1.807, 2.05) is 6.92 Å². The number of likely N-dealkylation sites (tertiary alicyclic amines) is 1. The minimum absolute atomic E-state index is 0.155. The quantitative estimate of drug-likeness (QED) is 0.734. The van der Waals surface area contributed by atoms with Gasteiger partial charge in [-0.15, -0.1) is 0 Å². The van der Waals surface area contributed by atoms with Gasteiger partial charge in [-0.3, -0.25) is 4.79 Å². The van der Waals surface area contributed by atoms with Crippen LogP contribution in [0.3, 0.4) is 0 Å². The summed E-state index contributed by atoms with van der Waals surface area (Å²) in [6, 6.07) is 5.09. The predicted molar refractivity (Wildman–Crippen MR) is 116 cm³/mol. The van der Waals surface area contributed by atoms with Crippen LogP contribution in [0.4, 0.5) is 0 Å². The molecule has 2 heterocycles. The van der Waals surface area contributed by atoms with Gasteiger partial charge in [0.05, 0.1) is 4.90 Å². The first-order chi connectivity index (χ1) is 13.9. The molecule has 2 aliphatic rings. The maximum atomic E-state index is 13.0. The number of rotatable bonds is 7. The van der Waals surface area contributed by atoms with Crippen LogP contribution in [0.5, 0.6) is 0 Å². The lowest BCUT2D eigenvalue weighted by atomic mass is 10.0. The Hall–Kier alpha value is -1.44. The number of nitrogens with one attached hydrogen (secondary N) is 1. The van der Waals surface area contributed by atoms with Crippen LogP contribution in [0.1, 0.15) is 67.8 Å². The molecule has 0 atom stereocenters. The average Bonchev–Trinajstić information content (AvgIpc) is 2.74. The third-order valence-electron chi connectivity index (χ3n) is 6.16. The van der Waals surface area contributed by atoms with Gasteiger partial charge in [-0.2, -0.15) is 4.31 Å². The molecular weight excluding hydrogens is 386 g/mol. The summed E-state index contributed by atoms with van der Waals surface area (Å²) in [6.07, 6.45) is 7.18. The zero-order valence-corrected chi connectivity index (χ0v) is 18.6. The van der Waals surface area contributed by atoms with E-state index >= 15 is 0 Å². The molecule has 0 aliphatic carbocycles. The van der Waals surface area contributed by atoms with E-state index in [1.165, 1.54) is 12.8 Å². The van der Waals surface area contributed by atoms with Gasteiger partial charge >= 0.3 is 0 Å². The number of carbonyl (C=O) groups is 1. The molecule has 0 aromatic heterocycles. The standard InChI is InChI=1S/C22H35N3O3S/c1-3-4-12-24-15-10-19(11-16-24)23-22(26)21-17-20(9-8-18(21)2)29(27,28)25-13-6-5-7-14-25/h8-9,17,19H,3-7,10-16H2,1-2H3,(H,23,26). The largest absolute Gasteiger partial charge is 0.349 e. The summed E-state index contributed by atoms with van der Waals surface area (Å²) in [6.45, 7) is 8.34. The Labute approximate surface area is 175 Å². The Morgan fingerprint density at radius 3 is 2.45 bits per heavy atom. The van der Waals surface area contributed by atoms with Gasteiger partial charge in [0.25, 0.3) is 5.91 Å². The summed E-state index contributed by atoms with van der Waals surface area (Å²) in [5.74, 6) is -0.162. The molecule has 0 spiro atoms. The van der Waals surface area contributed by atoms with Crippen LogP contribution in [-0.4, -0.2) is 62.3 Å². The third-order valence-corrected chi connectivity index (χ3v) is 8.05. The summed E-state index contributed by atoms with van der Waals surface area (Å²) in [5.41, 5.74) is 1.27. The number of hydrogen-bond acceptors (Lipinski definition) is 4. The molecule has 29 heavy (non-hydrogen) atoms. The number of benzene rings is 1. The Morgan fingerprint density at radius 1 is 1.10 bits per heavy atom. The first kappa shape index (κ1) is 22.2. The van der Waals surface area contributed by atoms with Crippen molar-refractivity contribution in [3.8, 4) is 0 Å². The first-order valence-corrected chi connectivity index (χ1v) is 12.5. The zero-order chi connectivity index (χ0) is 20.9. The van der Waals surface area contributed by atoms with Crippen molar-refractivity contribution in [2.45, 2.75) is 69.7 Å². The van der Waals surface area contributed by atoms with Crippen molar-refractivity contribution >= 4 is 15.9 Å². The minimum Gasteiger partial charge on any atom is -0.349 e. The summed E-state index contributed by atoms with van der Waals surface area (Å²) in [4.78, 5) is 15.6. The van der Waals surface area contributed by atoms with Crippen LogP contribution in [0.15, 0.2) is 23.1 Å². The second kappa shape index (κ2) is 10.0. The predicted octanol–water partition coefficient (Wildman–Crippen LogP) is 3.16. The SMILES string of the molecule is CCCCN1CCC(NC(=O)c2cc(S(=O)(=O)N3CCCCC3)ccc2C)CC1. The average molecular weight is 422 g/mol. The Bertz CT molecular complexity index is 796. The number of amides is 1. The molecule has 0 saturated carbocycles. The van der Waals surface area contributed by atoms with E-state index in [4.69, 9.17) is 0 Å². The molecule has 2 saturated heterocycles. The molecule has 2 aliphatic heterocycles. The fraction of sp³-hybridized carbons (Fsp3) is 0.682. The number of aryl methyl sites for hydroxylation is 1. The Kier molecular flexibility index (Phi) is 7.71.